The van der Waals surface area contributed by atoms with Crippen molar-refractivity contribution < 1.29 is 9.53 Å². The van der Waals surface area contributed by atoms with Crippen LogP contribution in [0.15, 0.2) is 24.5 Å². The third-order valence-corrected chi connectivity index (χ3v) is 5.52. The van der Waals surface area contributed by atoms with Crippen molar-refractivity contribution in [2.45, 2.75) is 12.0 Å². The molecular weight excluding hydrogens is 286 g/mol. The molecule has 1 unspecified atom stereocenters. The van der Waals surface area contributed by atoms with Crippen LogP contribution >= 0.6 is 11.8 Å². The first kappa shape index (κ1) is 14.8. The number of nitrogens with zero attached hydrogens (tertiary/aromatic N) is 2. The van der Waals surface area contributed by atoms with Gasteiger partial charge < -0.3 is 10.1 Å². The molecular formula is C15H21N3O2S. The first-order chi connectivity index (χ1) is 10.3. The number of aromatic nitrogens is 1. The molecule has 2 saturated heterocycles. The molecule has 5 nitrogen and oxygen atoms in total. The van der Waals surface area contributed by atoms with Gasteiger partial charge in [0.05, 0.1) is 13.2 Å². The van der Waals surface area contributed by atoms with Gasteiger partial charge in [-0.05, 0) is 24.3 Å². The summed E-state index contributed by atoms with van der Waals surface area (Å²) in [6.07, 6.45) is 4.43. The zero-order chi connectivity index (χ0) is 14.5. The van der Waals surface area contributed by atoms with Crippen molar-refractivity contribution in [3.8, 4) is 0 Å². The number of rotatable bonds is 4. The number of pyridine rings is 1. The third kappa shape index (κ3) is 3.39. The van der Waals surface area contributed by atoms with Crippen LogP contribution in [0.3, 0.4) is 0 Å². The average molecular weight is 307 g/mol. The summed E-state index contributed by atoms with van der Waals surface area (Å²) < 4.78 is 5.46. The van der Waals surface area contributed by atoms with Gasteiger partial charge in [0.1, 0.15) is 0 Å². The van der Waals surface area contributed by atoms with Crippen LogP contribution in [-0.2, 0) is 4.74 Å². The van der Waals surface area contributed by atoms with Crippen molar-refractivity contribution in [2.75, 3.05) is 44.4 Å². The molecule has 1 amide bonds. The molecule has 1 atom stereocenters. The molecule has 0 aliphatic carbocycles. The minimum absolute atomic E-state index is 0.0121. The zero-order valence-electron chi connectivity index (χ0n) is 12.1. The van der Waals surface area contributed by atoms with Crippen molar-refractivity contribution in [3.05, 3.63) is 30.1 Å². The van der Waals surface area contributed by atoms with Gasteiger partial charge in [0, 0.05) is 48.9 Å². The topological polar surface area (TPSA) is 54.5 Å². The van der Waals surface area contributed by atoms with Gasteiger partial charge in [0.2, 0.25) is 0 Å². The van der Waals surface area contributed by atoms with Gasteiger partial charge in [-0.1, -0.05) is 0 Å². The molecule has 0 aromatic carbocycles. The first-order valence-electron chi connectivity index (χ1n) is 7.39. The number of thioether (sulfide) groups is 1. The number of carbonyl (C=O) groups excluding carboxylic acids is 1. The molecule has 1 aromatic heterocycles. The lowest BCUT2D eigenvalue weighted by atomic mass is 9.95. The number of carbonyl (C=O) groups is 1. The smallest absolute Gasteiger partial charge is 0.251 e. The third-order valence-electron chi connectivity index (χ3n) is 4.28. The van der Waals surface area contributed by atoms with Gasteiger partial charge in [-0.3, -0.25) is 14.7 Å². The molecule has 0 saturated carbocycles. The quantitative estimate of drug-likeness (QED) is 0.900. The Morgan fingerprint density at radius 2 is 2.14 bits per heavy atom. The fraction of sp³-hybridized carbons (Fsp3) is 0.600. The van der Waals surface area contributed by atoms with Crippen LogP contribution in [0.25, 0.3) is 0 Å². The van der Waals surface area contributed by atoms with Crippen LogP contribution < -0.4 is 5.32 Å². The minimum Gasteiger partial charge on any atom is -0.379 e. The summed E-state index contributed by atoms with van der Waals surface area (Å²) in [4.78, 5) is 18.7. The van der Waals surface area contributed by atoms with Gasteiger partial charge >= 0.3 is 0 Å². The maximum Gasteiger partial charge on any atom is 0.251 e. The Balaban J connectivity index is 1.64. The summed E-state index contributed by atoms with van der Waals surface area (Å²) in [6.45, 7) is 4.23. The Kier molecular flexibility index (Phi) is 4.77. The first-order valence-corrected chi connectivity index (χ1v) is 8.54. The normalized spacial score (nSPS) is 26.7. The summed E-state index contributed by atoms with van der Waals surface area (Å²) in [5.74, 6) is 2.24. The van der Waals surface area contributed by atoms with E-state index in [4.69, 9.17) is 4.74 Å². The van der Waals surface area contributed by atoms with Crippen LogP contribution in [0.2, 0.25) is 0 Å². The molecule has 6 heteroatoms. The molecule has 1 aromatic rings. The average Bonchev–Trinajstić information content (AvgIpc) is 3.04. The van der Waals surface area contributed by atoms with Crippen LogP contribution in [0, 0.1) is 0 Å². The van der Waals surface area contributed by atoms with Gasteiger partial charge in [0.25, 0.3) is 5.91 Å². The largest absolute Gasteiger partial charge is 0.379 e. The van der Waals surface area contributed by atoms with E-state index >= 15 is 0 Å². The fourth-order valence-electron chi connectivity index (χ4n) is 2.98. The van der Waals surface area contributed by atoms with E-state index in [1.54, 1.807) is 24.5 Å². The number of nitrogens with one attached hydrogen (secondary N) is 1. The Morgan fingerprint density at radius 1 is 1.38 bits per heavy atom. The van der Waals surface area contributed by atoms with E-state index < -0.39 is 0 Å². The SMILES string of the molecule is O=C(NCC1(N2CCOCC2)CCSC1)c1ccncc1. The molecule has 2 aliphatic rings. The number of ether oxygens (including phenoxy) is 1. The molecule has 0 radical (unpaired) electrons. The molecule has 1 N–H and O–H groups in total. The van der Waals surface area contributed by atoms with Crippen molar-refractivity contribution >= 4 is 17.7 Å². The molecule has 114 valence electrons. The van der Waals surface area contributed by atoms with E-state index in [0.29, 0.717) is 12.1 Å². The lowest BCUT2D eigenvalue weighted by molar-refractivity contribution is -0.0129. The minimum atomic E-state index is -0.0121. The number of amides is 1. The second kappa shape index (κ2) is 6.77. The molecule has 0 spiro atoms. The number of hydrogen-bond acceptors (Lipinski definition) is 5. The van der Waals surface area contributed by atoms with E-state index in [0.717, 1.165) is 38.5 Å². The lowest BCUT2D eigenvalue weighted by Crippen LogP contribution is -2.59. The standard InChI is InChI=1S/C15H21N3O2S/c19-14(13-1-4-16-5-2-13)17-11-15(3-10-21-12-15)18-6-8-20-9-7-18/h1-2,4-5H,3,6-12H2,(H,17,19). The highest BCUT2D eigenvalue weighted by Crippen LogP contribution is 2.33. The summed E-state index contributed by atoms with van der Waals surface area (Å²) in [6, 6.07) is 3.50. The van der Waals surface area contributed by atoms with Crippen molar-refractivity contribution in [1.82, 2.24) is 15.2 Å². The van der Waals surface area contributed by atoms with Crippen LogP contribution in [0.4, 0.5) is 0 Å². The maximum absolute atomic E-state index is 12.2. The zero-order valence-corrected chi connectivity index (χ0v) is 12.9. The second-order valence-corrected chi connectivity index (χ2v) is 6.65. The van der Waals surface area contributed by atoms with E-state index in [1.807, 2.05) is 11.8 Å². The fourth-order valence-corrected chi connectivity index (χ4v) is 4.46. The highest BCUT2D eigenvalue weighted by Gasteiger charge is 2.40. The van der Waals surface area contributed by atoms with Crippen molar-refractivity contribution in [1.29, 1.82) is 0 Å². The molecule has 2 fully saturated rings. The van der Waals surface area contributed by atoms with Crippen LogP contribution in [0.5, 0.6) is 0 Å². The maximum atomic E-state index is 12.2. The Bertz CT molecular complexity index is 471. The summed E-state index contributed by atoms with van der Waals surface area (Å²) in [5, 5.41) is 3.12. The molecule has 0 bridgehead atoms. The van der Waals surface area contributed by atoms with Gasteiger partial charge in [-0.2, -0.15) is 11.8 Å². The highest BCUT2D eigenvalue weighted by molar-refractivity contribution is 7.99. The predicted octanol–water partition coefficient (Wildman–Crippen LogP) is 1.02. The predicted molar refractivity (Wildman–Crippen MR) is 83.6 cm³/mol. The Morgan fingerprint density at radius 3 is 2.81 bits per heavy atom. The number of morpholine rings is 1. The monoisotopic (exact) mass is 307 g/mol. The van der Waals surface area contributed by atoms with Gasteiger partial charge in [-0.15, -0.1) is 0 Å². The van der Waals surface area contributed by atoms with Crippen LogP contribution in [0.1, 0.15) is 16.8 Å². The molecule has 3 heterocycles. The van der Waals surface area contributed by atoms with Gasteiger partial charge in [0.15, 0.2) is 0 Å². The Labute approximate surface area is 129 Å². The molecule has 2 aliphatic heterocycles. The van der Waals surface area contributed by atoms with E-state index in [-0.39, 0.29) is 11.4 Å². The lowest BCUT2D eigenvalue weighted by Gasteiger charge is -2.43. The van der Waals surface area contributed by atoms with E-state index in [2.05, 4.69) is 15.2 Å². The molecule has 21 heavy (non-hydrogen) atoms. The van der Waals surface area contributed by atoms with Crippen molar-refractivity contribution in [3.63, 3.8) is 0 Å². The summed E-state index contributed by atoms with van der Waals surface area (Å²) in [7, 11) is 0. The van der Waals surface area contributed by atoms with Crippen molar-refractivity contribution in [2.24, 2.45) is 0 Å². The number of hydrogen-bond donors (Lipinski definition) is 1. The Hall–Kier alpha value is -1.11. The summed E-state index contributed by atoms with van der Waals surface area (Å²) in [5.41, 5.74) is 0.768. The van der Waals surface area contributed by atoms with E-state index in [1.165, 1.54) is 5.75 Å². The van der Waals surface area contributed by atoms with Crippen LogP contribution in [-0.4, -0.2) is 65.7 Å². The summed E-state index contributed by atoms with van der Waals surface area (Å²) >= 11 is 1.98. The van der Waals surface area contributed by atoms with E-state index in [9.17, 15) is 4.79 Å². The second-order valence-electron chi connectivity index (χ2n) is 5.54. The molecule has 3 rings (SSSR count). The highest BCUT2D eigenvalue weighted by atomic mass is 32.2. The van der Waals surface area contributed by atoms with Gasteiger partial charge in [-0.25, -0.2) is 0 Å².